The second-order valence-corrected chi connectivity index (χ2v) is 6.26. The van der Waals surface area contributed by atoms with Gasteiger partial charge < -0.3 is 5.32 Å². The monoisotopic (exact) mass is 356 g/mol. The molecule has 0 spiro atoms. The first kappa shape index (κ1) is 15.8. The van der Waals surface area contributed by atoms with Gasteiger partial charge in [-0.25, -0.2) is 9.07 Å². The molecule has 2 aromatic heterocycles. The Morgan fingerprint density at radius 3 is 3.00 bits per heavy atom. The third-order valence-electron chi connectivity index (χ3n) is 4.17. The van der Waals surface area contributed by atoms with Crippen molar-refractivity contribution in [3.8, 4) is 5.69 Å². The summed E-state index contributed by atoms with van der Waals surface area (Å²) in [7, 11) is 0. The largest absolute Gasteiger partial charge is 0.352 e. The maximum Gasteiger partial charge on any atom is 0.254 e. The SMILES string of the molecule is O=C1NCCc2c1cnn2-c1ccnc(Cc2ccc(F)c(Cl)c2)c1. The predicted molar refractivity (Wildman–Crippen MR) is 91.6 cm³/mol. The molecule has 5 nitrogen and oxygen atoms in total. The molecular weight excluding hydrogens is 343 g/mol. The molecule has 0 bridgehead atoms. The normalized spacial score (nSPS) is 13.4. The van der Waals surface area contributed by atoms with Gasteiger partial charge in [0.1, 0.15) is 5.82 Å². The van der Waals surface area contributed by atoms with Gasteiger partial charge in [-0.3, -0.25) is 9.78 Å². The maximum absolute atomic E-state index is 13.3. The standard InChI is InChI=1S/C18H14ClFN4O/c19-15-8-11(1-2-16(15)20)7-12-9-13(3-5-21-12)24-17-4-6-22-18(25)14(17)10-23-24/h1-3,5,8-10H,4,6-7H2,(H,22,25). The third kappa shape index (κ3) is 3.00. The Morgan fingerprint density at radius 2 is 2.16 bits per heavy atom. The fraction of sp³-hybridized carbons (Fsp3) is 0.167. The Kier molecular flexibility index (Phi) is 3.97. The predicted octanol–water partition coefficient (Wildman–Crippen LogP) is 2.94. The van der Waals surface area contributed by atoms with Gasteiger partial charge >= 0.3 is 0 Å². The van der Waals surface area contributed by atoms with Gasteiger partial charge in [-0.1, -0.05) is 17.7 Å². The molecule has 1 amide bonds. The molecule has 7 heteroatoms. The van der Waals surface area contributed by atoms with Gasteiger partial charge in [0, 0.05) is 31.3 Å². The lowest BCUT2D eigenvalue weighted by molar-refractivity contribution is 0.0945. The van der Waals surface area contributed by atoms with Gasteiger partial charge in [-0.2, -0.15) is 5.10 Å². The van der Waals surface area contributed by atoms with Crippen LogP contribution >= 0.6 is 11.6 Å². The van der Waals surface area contributed by atoms with E-state index in [1.165, 1.54) is 6.07 Å². The molecule has 0 unspecified atom stereocenters. The summed E-state index contributed by atoms with van der Waals surface area (Å²) >= 11 is 5.84. The molecule has 4 rings (SSSR count). The van der Waals surface area contributed by atoms with Crippen LogP contribution in [-0.4, -0.2) is 27.2 Å². The molecule has 0 fully saturated rings. The van der Waals surface area contributed by atoms with Crippen LogP contribution in [0.5, 0.6) is 0 Å². The summed E-state index contributed by atoms with van der Waals surface area (Å²) in [6.45, 7) is 0.601. The summed E-state index contributed by atoms with van der Waals surface area (Å²) in [6, 6.07) is 8.41. The second kappa shape index (κ2) is 6.29. The molecule has 1 aromatic carbocycles. The second-order valence-electron chi connectivity index (χ2n) is 5.85. The summed E-state index contributed by atoms with van der Waals surface area (Å²) in [5, 5.41) is 7.26. The Labute approximate surface area is 148 Å². The fourth-order valence-corrected chi connectivity index (χ4v) is 3.17. The van der Waals surface area contributed by atoms with Crippen LogP contribution in [0.25, 0.3) is 5.69 Å². The van der Waals surface area contributed by atoms with Crippen molar-refractivity contribution >= 4 is 17.5 Å². The van der Waals surface area contributed by atoms with E-state index in [4.69, 9.17) is 11.6 Å². The van der Waals surface area contributed by atoms with E-state index in [1.807, 2.05) is 12.1 Å². The Hall–Kier alpha value is -2.73. The van der Waals surface area contributed by atoms with E-state index < -0.39 is 5.82 Å². The highest BCUT2D eigenvalue weighted by atomic mass is 35.5. The van der Waals surface area contributed by atoms with Crippen molar-refractivity contribution in [2.24, 2.45) is 0 Å². The number of hydrogen-bond acceptors (Lipinski definition) is 3. The quantitative estimate of drug-likeness (QED) is 0.785. The molecule has 0 atom stereocenters. The first-order valence-electron chi connectivity index (χ1n) is 7.86. The highest BCUT2D eigenvalue weighted by molar-refractivity contribution is 6.30. The Bertz CT molecular complexity index is 969. The van der Waals surface area contributed by atoms with E-state index >= 15 is 0 Å². The number of carbonyl (C=O) groups is 1. The molecule has 0 saturated heterocycles. The minimum absolute atomic E-state index is 0.0947. The molecule has 1 aliphatic heterocycles. The van der Waals surface area contributed by atoms with E-state index in [2.05, 4.69) is 15.4 Å². The molecule has 126 valence electrons. The Balaban J connectivity index is 1.66. The van der Waals surface area contributed by atoms with Crippen LogP contribution in [0, 0.1) is 5.82 Å². The smallest absolute Gasteiger partial charge is 0.254 e. The van der Waals surface area contributed by atoms with Crippen LogP contribution < -0.4 is 5.32 Å². The van der Waals surface area contributed by atoms with Crippen molar-refractivity contribution in [2.75, 3.05) is 6.54 Å². The van der Waals surface area contributed by atoms with Crippen LogP contribution in [0.2, 0.25) is 5.02 Å². The van der Waals surface area contributed by atoms with Crippen LogP contribution in [0.3, 0.4) is 0 Å². The molecule has 1 N–H and O–H groups in total. The zero-order valence-corrected chi connectivity index (χ0v) is 13.9. The molecule has 0 radical (unpaired) electrons. The molecule has 3 heterocycles. The zero-order valence-electron chi connectivity index (χ0n) is 13.2. The summed E-state index contributed by atoms with van der Waals surface area (Å²) in [6.07, 6.45) is 4.54. The van der Waals surface area contributed by atoms with Crippen molar-refractivity contribution in [2.45, 2.75) is 12.8 Å². The average Bonchev–Trinajstić information content (AvgIpc) is 3.04. The Morgan fingerprint density at radius 1 is 1.28 bits per heavy atom. The van der Waals surface area contributed by atoms with Crippen molar-refractivity contribution in [1.82, 2.24) is 20.1 Å². The van der Waals surface area contributed by atoms with Crippen molar-refractivity contribution in [1.29, 1.82) is 0 Å². The van der Waals surface area contributed by atoms with Gasteiger partial charge in [-0.05, 0) is 29.8 Å². The summed E-state index contributed by atoms with van der Waals surface area (Å²) in [5.74, 6) is -0.531. The number of carbonyl (C=O) groups excluding carboxylic acids is 1. The number of benzene rings is 1. The van der Waals surface area contributed by atoms with E-state index in [1.54, 1.807) is 29.2 Å². The van der Waals surface area contributed by atoms with Gasteiger partial charge in [0.05, 0.1) is 28.2 Å². The lowest BCUT2D eigenvalue weighted by Gasteiger charge is -2.15. The van der Waals surface area contributed by atoms with Crippen LogP contribution in [0.4, 0.5) is 4.39 Å². The lowest BCUT2D eigenvalue weighted by Crippen LogP contribution is -2.32. The summed E-state index contributed by atoms with van der Waals surface area (Å²) in [5.41, 5.74) is 4.03. The van der Waals surface area contributed by atoms with Crippen LogP contribution in [-0.2, 0) is 12.8 Å². The topological polar surface area (TPSA) is 59.8 Å². The number of nitrogens with one attached hydrogen (secondary N) is 1. The van der Waals surface area contributed by atoms with Gasteiger partial charge in [0.15, 0.2) is 0 Å². The van der Waals surface area contributed by atoms with E-state index in [-0.39, 0.29) is 10.9 Å². The number of pyridine rings is 1. The van der Waals surface area contributed by atoms with Gasteiger partial charge in [-0.15, -0.1) is 0 Å². The average molecular weight is 357 g/mol. The van der Waals surface area contributed by atoms with Crippen molar-refractivity contribution < 1.29 is 9.18 Å². The number of halogens is 2. The van der Waals surface area contributed by atoms with E-state index in [0.29, 0.717) is 18.5 Å². The lowest BCUT2D eigenvalue weighted by atomic mass is 10.1. The minimum Gasteiger partial charge on any atom is -0.352 e. The van der Waals surface area contributed by atoms with Crippen LogP contribution in [0.15, 0.2) is 42.7 Å². The fourth-order valence-electron chi connectivity index (χ4n) is 2.97. The number of fused-ring (bicyclic) bond motifs is 1. The molecule has 25 heavy (non-hydrogen) atoms. The maximum atomic E-state index is 13.3. The molecule has 0 aliphatic carbocycles. The number of rotatable bonds is 3. The van der Waals surface area contributed by atoms with Crippen LogP contribution in [0.1, 0.15) is 27.3 Å². The first-order valence-corrected chi connectivity index (χ1v) is 8.24. The molecule has 1 aliphatic rings. The van der Waals surface area contributed by atoms with E-state index in [9.17, 15) is 9.18 Å². The number of hydrogen-bond donors (Lipinski definition) is 1. The zero-order chi connectivity index (χ0) is 17.4. The summed E-state index contributed by atoms with van der Waals surface area (Å²) in [4.78, 5) is 16.2. The van der Waals surface area contributed by atoms with Crippen molar-refractivity contribution in [3.05, 3.63) is 76.1 Å². The van der Waals surface area contributed by atoms with Gasteiger partial charge in [0.25, 0.3) is 5.91 Å². The highest BCUT2D eigenvalue weighted by Gasteiger charge is 2.22. The molecule has 3 aromatic rings. The molecule has 0 saturated carbocycles. The van der Waals surface area contributed by atoms with Gasteiger partial charge in [0.2, 0.25) is 0 Å². The minimum atomic E-state index is -0.437. The number of amides is 1. The summed E-state index contributed by atoms with van der Waals surface area (Å²) < 4.78 is 15.1. The highest BCUT2D eigenvalue weighted by Crippen LogP contribution is 2.21. The van der Waals surface area contributed by atoms with E-state index in [0.717, 1.165) is 29.1 Å². The third-order valence-corrected chi connectivity index (χ3v) is 4.46. The number of aromatic nitrogens is 3. The molecular formula is C18H14ClFN4O. The number of nitrogens with zero attached hydrogens (tertiary/aromatic N) is 3. The van der Waals surface area contributed by atoms with Crippen molar-refractivity contribution in [3.63, 3.8) is 0 Å². The first-order chi connectivity index (χ1) is 12.1.